The Morgan fingerprint density at radius 1 is 1.40 bits per heavy atom. The number of ether oxygens (including phenoxy) is 1. The van der Waals surface area contributed by atoms with Gasteiger partial charge in [0.1, 0.15) is 0 Å². The fraction of sp³-hybridized carbons (Fsp3) is 0.909. The standard InChI is InChI=1S/C11H25N3O/c1-4-6-8-15-9-7-13-11(12)14-10(3)5-2/h10H,4-9H2,1-3H3,(H3,12,13,14). The molecule has 15 heavy (non-hydrogen) atoms. The molecule has 0 aromatic rings. The second-order valence-corrected chi connectivity index (χ2v) is 3.69. The Kier molecular flexibility index (Phi) is 9.27. The molecule has 0 aliphatic carbocycles. The molecule has 4 heteroatoms. The monoisotopic (exact) mass is 215 g/mol. The molecule has 0 aromatic carbocycles. The smallest absolute Gasteiger partial charge is 0.188 e. The third-order valence-electron chi connectivity index (χ3n) is 2.17. The van der Waals surface area contributed by atoms with Gasteiger partial charge in [0.15, 0.2) is 5.96 Å². The van der Waals surface area contributed by atoms with Crippen LogP contribution in [0, 0.1) is 0 Å². The van der Waals surface area contributed by atoms with Gasteiger partial charge in [0.25, 0.3) is 0 Å². The van der Waals surface area contributed by atoms with Crippen LogP contribution in [0.3, 0.4) is 0 Å². The molecular weight excluding hydrogens is 190 g/mol. The Morgan fingerprint density at radius 3 is 2.73 bits per heavy atom. The van der Waals surface area contributed by atoms with Crippen molar-refractivity contribution in [1.82, 2.24) is 5.32 Å². The predicted octanol–water partition coefficient (Wildman–Crippen LogP) is 1.51. The van der Waals surface area contributed by atoms with Crippen molar-refractivity contribution in [3.63, 3.8) is 0 Å². The van der Waals surface area contributed by atoms with Crippen molar-refractivity contribution in [2.24, 2.45) is 10.7 Å². The highest BCUT2D eigenvalue weighted by Crippen LogP contribution is 1.88. The van der Waals surface area contributed by atoms with Crippen LogP contribution in [-0.4, -0.2) is 31.8 Å². The first-order valence-corrected chi connectivity index (χ1v) is 5.84. The Bertz CT molecular complexity index is 171. The minimum atomic E-state index is 0.384. The van der Waals surface area contributed by atoms with E-state index in [9.17, 15) is 0 Å². The lowest BCUT2D eigenvalue weighted by atomic mass is 10.3. The van der Waals surface area contributed by atoms with E-state index < -0.39 is 0 Å². The third kappa shape index (κ3) is 9.53. The van der Waals surface area contributed by atoms with Crippen LogP contribution < -0.4 is 11.1 Å². The number of aliphatic imine (C=N–C) groups is 1. The summed E-state index contributed by atoms with van der Waals surface area (Å²) in [4.78, 5) is 4.17. The van der Waals surface area contributed by atoms with Crippen LogP contribution in [0.1, 0.15) is 40.0 Å². The van der Waals surface area contributed by atoms with E-state index in [-0.39, 0.29) is 0 Å². The summed E-state index contributed by atoms with van der Waals surface area (Å²) < 4.78 is 5.37. The number of hydrogen-bond acceptors (Lipinski definition) is 2. The maximum atomic E-state index is 5.67. The summed E-state index contributed by atoms with van der Waals surface area (Å²) in [5, 5.41) is 3.10. The molecule has 0 rings (SSSR count). The number of hydrogen-bond donors (Lipinski definition) is 2. The normalized spacial score (nSPS) is 13.9. The van der Waals surface area contributed by atoms with Crippen molar-refractivity contribution < 1.29 is 4.74 Å². The average Bonchev–Trinajstić information content (AvgIpc) is 2.23. The Hall–Kier alpha value is -0.770. The maximum Gasteiger partial charge on any atom is 0.188 e. The molecule has 0 saturated heterocycles. The Balaban J connectivity index is 3.41. The number of guanidine groups is 1. The van der Waals surface area contributed by atoms with Crippen LogP contribution >= 0.6 is 0 Å². The van der Waals surface area contributed by atoms with E-state index in [2.05, 4.69) is 31.1 Å². The molecule has 0 aliphatic rings. The van der Waals surface area contributed by atoms with Gasteiger partial charge in [0, 0.05) is 12.6 Å². The molecule has 0 heterocycles. The fourth-order valence-corrected chi connectivity index (χ4v) is 0.979. The summed E-state index contributed by atoms with van der Waals surface area (Å²) in [6.45, 7) is 8.46. The van der Waals surface area contributed by atoms with Gasteiger partial charge in [-0.25, -0.2) is 0 Å². The van der Waals surface area contributed by atoms with Crippen molar-refractivity contribution in [3.05, 3.63) is 0 Å². The molecule has 90 valence electrons. The van der Waals surface area contributed by atoms with Crippen LogP contribution in [0.25, 0.3) is 0 Å². The zero-order valence-corrected chi connectivity index (χ0v) is 10.3. The molecule has 0 fully saturated rings. The first-order valence-electron chi connectivity index (χ1n) is 5.84. The molecular formula is C11H25N3O. The van der Waals surface area contributed by atoms with Gasteiger partial charge in [-0.3, -0.25) is 4.99 Å². The van der Waals surface area contributed by atoms with Crippen LogP contribution in [-0.2, 0) is 4.74 Å². The van der Waals surface area contributed by atoms with Gasteiger partial charge in [-0.15, -0.1) is 0 Å². The van der Waals surface area contributed by atoms with Gasteiger partial charge in [-0.05, 0) is 19.8 Å². The summed E-state index contributed by atoms with van der Waals surface area (Å²) in [6.07, 6.45) is 3.33. The largest absolute Gasteiger partial charge is 0.380 e. The summed E-state index contributed by atoms with van der Waals surface area (Å²) in [6, 6.07) is 0.384. The van der Waals surface area contributed by atoms with E-state index in [1.54, 1.807) is 0 Å². The summed E-state index contributed by atoms with van der Waals surface area (Å²) in [7, 11) is 0. The molecule has 0 radical (unpaired) electrons. The van der Waals surface area contributed by atoms with Gasteiger partial charge in [0.05, 0.1) is 13.2 Å². The highest BCUT2D eigenvalue weighted by Gasteiger charge is 1.97. The molecule has 0 saturated carbocycles. The first kappa shape index (κ1) is 14.2. The number of unbranched alkanes of at least 4 members (excludes halogenated alkanes) is 1. The lowest BCUT2D eigenvalue weighted by Crippen LogP contribution is -2.38. The first-order chi connectivity index (χ1) is 7.20. The van der Waals surface area contributed by atoms with E-state index in [0.29, 0.717) is 25.2 Å². The molecule has 0 spiro atoms. The van der Waals surface area contributed by atoms with Crippen molar-refractivity contribution in [2.45, 2.75) is 46.1 Å². The van der Waals surface area contributed by atoms with E-state index in [0.717, 1.165) is 19.4 Å². The van der Waals surface area contributed by atoms with Crippen LogP contribution in [0.4, 0.5) is 0 Å². The van der Waals surface area contributed by atoms with E-state index in [4.69, 9.17) is 10.5 Å². The molecule has 1 unspecified atom stereocenters. The zero-order valence-electron chi connectivity index (χ0n) is 10.3. The fourth-order valence-electron chi connectivity index (χ4n) is 0.979. The molecule has 3 N–H and O–H groups in total. The SMILES string of the molecule is CCCCOCCN=C(N)NC(C)CC. The molecule has 0 amide bonds. The average molecular weight is 215 g/mol. The van der Waals surface area contributed by atoms with Gasteiger partial charge >= 0.3 is 0 Å². The van der Waals surface area contributed by atoms with Gasteiger partial charge < -0.3 is 15.8 Å². The summed E-state index contributed by atoms with van der Waals surface area (Å²) in [5.41, 5.74) is 5.67. The van der Waals surface area contributed by atoms with E-state index in [1.807, 2.05) is 0 Å². The van der Waals surface area contributed by atoms with E-state index in [1.165, 1.54) is 6.42 Å². The van der Waals surface area contributed by atoms with Crippen LogP contribution in [0.2, 0.25) is 0 Å². The second-order valence-electron chi connectivity index (χ2n) is 3.69. The maximum absolute atomic E-state index is 5.67. The number of nitrogens with zero attached hydrogens (tertiary/aromatic N) is 1. The number of rotatable bonds is 8. The van der Waals surface area contributed by atoms with Crippen molar-refractivity contribution >= 4 is 5.96 Å². The van der Waals surface area contributed by atoms with Gasteiger partial charge in [-0.2, -0.15) is 0 Å². The minimum absolute atomic E-state index is 0.384. The van der Waals surface area contributed by atoms with Gasteiger partial charge in [-0.1, -0.05) is 20.3 Å². The molecule has 1 atom stereocenters. The van der Waals surface area contributed by atoms with Crippen LogP contribution in [0.5, 0.6) is 0 Å². The molecule has 4 nitrogen and oxygen atoms in total. The summed E-state index contributed by atoms with van der Waals surface area (Å²) in [5.74, 6) is 0.517. The third-order valence-corrected chi connectivity index (χ3v) is 2.17. The Morgan fingerprint density at radius 2 is 2.13 bits per heavy atom. The lowest BCUT2D eigenvalue weighted by molar-refractivity contribution is 0.139. The minimum Gasteiger partial charge on any atom is -0.380 e. The number of nitrogens with two attached hydrogens (primary N) is 1. The highest BCUT2D eigenvalue weighted by molar-refractivity contribution is 5.78. The topological polar surface area (TPSA) is 59.6 Å². The quantitative estimate of drug-likeness (QED) is 0.366. The van der Waals surface area contributed by atoms with Crippen molar-refractivity contribution in [1.29, 1.82) is 0 Å². The molecule has 0 aromatic heterocycles. The summed E-state index contributed by atoms with van der Waals surface area (Å²) >= 11 is 0. The second kappa shape index (κ2) is 9.77. The van der Waals surface area contributed by atoms with E-state index >= 15 is 0 Å². The Labute approximate surface area is 93.3 Å². The highest BCUT2D eigenvalue weighted by atomic mass is 16.5. The lowest BCUT2D eigenvalue weighted by Gasteiger charge is -2.11. The van der Waals surface area contributed by atoms with Crippen molar-refractivity contribution in [2.75, 3.05) is 19.8 Å². The van der Waals surface area contributed by atoms with Gasteiger partial charge in [0.2, 0.25) is 0 Å². The molecule has 0 bridgehead atoms. The van der Waals surface area contributed by atoms with Crippen molar-refractivity contribution in [3.8, 4) is 0 Å². The predicted molar refractivity (Wildman–Crippen MR) is 65.1 cm³/mol. The van der Waals surface area contributed by atoms with Crippen LogP contribution in [0.15, 0.2) is 4.99 Å². The number of nitrogens with one attached hydrogen (secondary N) is 1. The zero-order chi connectivity index (χ0) is 11.5. The molecule has 0 aliphatic heterocycles.